The fourth-order valence-corrected chi connectivity index (χ4v) is 2.96. The molecule has 0 aliphatic heterocycles. The lowest BCUT2D eigenvalue weighted by atomic mass is 10.2. The van der Waals surface area contributed by atoms with E-state index in [9.17, 15) is 4.79 Å². The molecule has 1 aromatic carbocycles. The molecule has 94 valence electrons. The SMILES string of the molecule is O=C(CSc1cccs1)Nc1ccc(CO)cc1. The maximum Gasteiger partial charge on any atom is 0.234 e. The van der Waals surface area contributed by atoms with Crippen LogP contribution in [0.4, 0.5) is 5.69 Å². The van der Waals surface area contributed by atoms with Gasteiger partial charge < -0.3 is 10.4 Å². The second-order valence-corrected chi connectivity index (χ2v) is 5.85. The topological polar surface area (TPSA) is 49.3 Å². The van der Waals surface area contributed by atoms with E-state index in [1.807, 2.05) is 17.5 Å². The number of amides is 1. The van der Waals surface area contributed by atoms with E-state index in [4.69, 9.17) is 5.11 Å². The third-order valence-electron chi connectivity index (χ3n) is 2.26. The van der Waals surface area contributed by atoms with E-state index in [0.29, 0.717) is 5.75 Å². The zero-order valence-corrected chi connectivity index (χ0v) is 11.3. The van der Waals surface area contributed by atoms with Gasteiger partial charge in [-0.15, -0.1) is 23.1 Å². The fourth-order valence-electron chi connectivity index (χ4n) is 1.37. The molecule has 0 unspecified atom stereocenters. The summed E-state index contributed by atoms with van der Waals surface area (Å²) >= 11 is 3.16. The number of aliphatic hydroxyl groups excluding tert-OH is 1. The zero-order valence-electron chi connectivity index (χ0n) is 9.63. The van der Waals surface area contributed by atoms with Gasteiger partial charge in [-0.1, -0.05) is 18.2 Å². The Morgan fingerprint density at radius 1 is 1.28 bits per heavy atom. The lowest BCUT2D eigenvalue weighted by Crippen LogP contribution is -2.13. The molecule has 2 N–H and O–H groups in total. The van der Waals surface area contributed by atoms with E-state index in [0.717, 1.165) is 15.5 Å². The van der Waals surface area contributed by atoms with Crippen LogP contribution in [0.2, 0.25) is 0 Å². The van der Waals surface area contributed by atoms with Crippen molar-refractivity contribution in [2.45, 2.75) is 10.8 Å². The molecule has 3 nitrogen and oxygen atoms in total. The average Bonchev–Trinajstić information content (AvgIpc) is 2.90. The molecule has 0 radical (unpaired) electrons. The molecule has 1 aromatic heterocycles. The van der Waals surface area contributed by atoms with Crippen LogP contribution in [-0.2, 0) is 11.4 Å². The van der Waals surface area contributed by atoms with Gasteiger partial charge >= 0.3 is 0 Å². The minimum atomic E-state index is -0.0230. The summed E-state index contributed by atoms with van der Waals surface area (Å²) in [6.45, 7) is 0.0163. The van der Waals surface area contributed by atoms with Crippen molar-refractivity contribution in [3.63, 3.8) is 0 Å². The number of rotatable bonds is 5. The Hall–Kier alpha value is -1.30. The van der Waals surface area contributed by atoms with Crippen LogP contribution in [-0.4, -0.2) is 16.8 Å². The van der Waals surface area contributed by atoms with Gasteiger partial charge in [-0.25, -0.2) is 0 Å². The molecule has 0 aliphatic rings. The van der Waals surface area contributed by atoms with Crippen molar-refractivity contribution in [3.8, 4) is 0 Å². The molecule has 1 amide bonds. The first kappa shape index (κ1) is 13.1. The fraction of sp³-hybridized carbons (Fsp3) is 0.154. The van der Waals surface area contributed by atoms with Crippen LogP contribution in [0.3, 0.4) is 0 Å². The van der Waals surface area contributed by atoms with Crippen molar-refractivity contribution >= 4 is 34.7 Å². The van der Waals surface area contributed by atoms with Crippen LogP contribution in [0.1, 0.15) is 5.56 Å². The van der Waals surface area contributed by atoms with Crippen molar-refractivity contribution in [3.05, 3.63) is 47.3 Å². The van der Waals surface area contributed by atoms with Gasteiger partial charge in [-0.2, -0.15) is 0 Å². The monoisotopic (exact) mass is 279 g/mol. The van der Waals surface area contributed by atoms with Gasteiger partial charge in [-0.05, 0) is 29.1 Å². The van der Waals surface area contributed by atoms with Crippen molar-refractivity contribution in [2.75, 3.05) is 11.1 Å². The van der Waals surface area contributed by atoms with Crippen LogP contribution >= 0.6 is 23.1 Å². The zero-order chi connectivity index (χ0) is 12.8. The molecular formula is C13H13NO2S2. The van der Waals surface area contributed by atoms with Crippen LogP contribution in [0, 0.1) is 0 Å². The molecule has 1 heterocycles. The summed E-state index contributed by atoms with van der Waals surface area (Å²) < 4.78 is 1.14. The van der Waals surface area contributed by atoms with Crippen LogP contribution < -0.4 is 5.32 Å². The largest absolute Gasteiger partial charge is 0.392 e. The highest BCUT2D eigenvalue weighted by Gasteiger charge is 2.04. The van der Waals surface area contributed by atoms with Gasteiger partial charge in [-0.3, -0.25) is 4.79 Å². The molecule has 18 heavy (non-hydrogen) atoms. The Labute approximate surface area is 114 Å². The predicted octanol–water partition coefficient (Wildman–Crippen LogP) is 2.97. The average molecular weight is 279 g/mol. The first-order chi connectivity index (χ1) is 8.78. The van der Waals surface area contributed by atoms with Gasteiger partial charge in [0.1, 0.15) is 0 Å². The maximum absolute atomic E-state index is 11.7. The van der Waals surface area contributed by atoms with Crippen LogP contribution in [0.25, 0.3) is 0 Å². The molecule has 0 bridgehead atoms. The number of aliphatic hydroxyl groups is 1. The summed E-state index contributed by atoms with van der Waals surface area (Å²) in [7, 11) is 0. The Morgan fingerprint density at radius 2 is 2.06 bits per heavy atom. The lowest BCUT2D eigenvalue weighted by molar-refractivity contribution is -0.113. The van der Waals surface area contributed by atoms with E-state index in [-0.39, 0.29) is 12.5 Å². The van der Waals surface area contributed by atoms with Crippen LogP contribution in [0.15, 0.2) is 46.0 Å². The molecule has 2 rings (SSSR count). The molecule has 0 saturated carbocycles. The highest BCUT2D eigenvalue weighted by molar-refractivity contribution is 8.01. The summed E-state index contributed by atoms with van der Waals surface area (Å²) in [6.07, 6.45) is 0. The summed E-state index contributed by atoms with van der Waals surface area (Å²) in [4.78, 5) is 11.7. The smallest absolute Gasteiger partial charge is 0.234 e. The van der Waals surface area contributed by atoms with Gasteiger partial charge in [0.15, 0.2) is 0 Å². The second-order valence-electron chi connectivity index (χ2n) is 3.62. The molecule has 0 saturated heterocycles. The van der Waals surface area contributed by atoms with Gasteiger partial charge in [0.25, 0.3) is 0 Å². The highest BCUT2D eigenvalue weighted by atomic mass is 32.2. The normalized spacial score (nSPS) is 10.3. The number of thiophene rings is 1. The van der Waals surface area contributed by atoms with Gasteiger partial charge in [0.05, 0.1) is 16.6 Å². The summed E-state index contributed by atoms with van der Waals surface area (Å²) in [5, 5.41) is 13.7. The molecule has 0 atom stereocenters. The van der Waals surface area contributed by atoms with Crippen molar-refractivity contribution in [2.24, 2.45) is 0 Å². The molecule has 0 spiro atoms. The number of hydrogen-bond acceptors (Lipinski definition) is 4. The van der Waals surface area contributed by atoms with Crippen LogP contribution in [0.5, 0.6) is 0 Å². The third-order valence-corrected chi connectivity index (χ3v) is 4.39. The third kappa shape index (κ3) is 3.87. The van der Waals surface area contributed by atoms with Crippen molar-refractivity contribution in [1.82, 2.24) is 0 Å². The van der Waals surface area contributed by atoms with E-state index in [1.54, 1.807) is 35.6 Å². The van der Waals surface area contributed by atoms with Gasteiger partial charge in [0, 0.05) is 5.69 Å². The maximum atomic E-state index is 11.7. The summed E-state index contributed by atoms with van der Waals surface area (Å²) in [6, 6.07) is 11.1. The first-order valence-electron chi connectivity index (χ1n) is 5.44. The molecule has 0 fully saturated rings. The van der Waals surface area contributed by atoms with E-state index in [1.165, 1.54) is 11.8 Å². The Morgan fingerprint density at radius 3 is 2.67 bits per heavy atom. The van der Waals surface area contributed by atoms with Crippen molar-refractivity contribution < 1.29 is 9.90 Å². The van der Waals surface area contributed by atoms with E-state index >= 15 is 0 Å². The summed E-state index contributed by atoms with van der Waals surface area (Å²) in [5.41, 5.74) is 1.59. The van der Waals surface area contributed by atoms with E-state index < -0.39 is 0 Å². The molecule has 5 heteroatoms. The number of thioether (sulfide) groups is 1. The minimum Gasteiger partial charge on any atom is -0.392 e. The quantitative estimate of drug-likeness (QED) is 0.827. The van der Waals surface area contributed by atoms with E-state index in [2.05, 4.69) is 5.32 Å². The predicted molar refractivity (Wildman–Crippen MR) is 76.0 cm³/mol. The number of hydrogen-bond donors (Lipinski definition) is 2. The number of carbonyl (C=O) groups is 1. The number of nitrogens with one attached hydrogen (secondary N) is 1. The lowest BCUT2D eigenvalue weighted by Gasteiger charge is -2.05. The summed E-state index contributed by atoms with van der Waals surface area (Å²) in [5.74, 6) is 0.382. The Bertz CT molecular complexity index is 494. The Kier molecular flexibility index (Phi) is 4.81. The van der Waals surface area contributed by atoms with Gasteiger partial charge in [0.2, 0.25) is 5.91 Å². The standard InChI is InChI=1S/C13H13NO2S2/c15-8-10-3-5-11(6-4-10)14-12(16)9-18-13-2-1-7-17-13/h1-7,15H,8-9H2,(H,14,16). The highest BCUT2D eigenvalue weighted by Crippen LogP contribution is 2.23. The number of anilines is 1. The molecular weight excluding hydrogens is 266 g/mol. The molecule has 0 aliphatic carbocycles. The number of benzene rings is 1. The number of carbonyl (C=O) groups excluding carboxylic acids is 1. The van der Waals surface area contributed by atoms with Crippen molar-refractivity contribution in [1.29, 1.82) is 0 Å². The minimum absolute atomic E-state index is 0.0163. The molecule has 2 aromatic rings. The Balaban J connectivity index is 1.83. The second kappa shape index (κ2) is 6.58. The first-order valence-corrected chi connectivity index (χ1v) is 7.30.